The quantitative estimate of drug-likeness (QED) is 0.253. The highest BCUT2D eigenvalue weighted by molar-refractivity contribution is 5.93. The van der Waals surface area contributed by atoms with Gasteiger partial charge in [0.05, 0.1) is 6.61 Å². The lowest BCUT2D eigenvalue weighted by Gasteiger charge is -2.11. The summed E-state index contributed by atoms with van der Waals surface area (Å²) in [4.78, 5) is 11.5. The van der Waals surface area contributed by atoms with Crippen molar-refractivity contribution in [3.8, 4) is 0 Å². The topological polar surface area (TPSA) is 77.8 Å². The van der Waals surface area contributed by atoms with Crippen LogP contribution in [0.3, 0.4) is 0 Å². The second kappa shape index (κ2) is 18.1. The standard InChI is InChI=1S/C21H40O4/c1-2-3-4-5-6-7-8-9-10-11-12-13-14-15-16-17-19(23)21(25)20(24)18-22/h16-17,20-22,24-25H,2-15,18H2,1H3. The summed E-state index contributed by atoms with van der Waals surface area (Å²) in [6.45, 7) is 1.64. The molecular formula is C21H40O4. The maximum atomic E-state index is 11.5. The van der Waals surface area contributed by atoms with Gasteiger partial charge in [0.1, 0.15) is 12.2 Å². The Morgan fingerprint density at radius 3 is 1.68 bits per heavy atom. The van der Waals surface area contributed by atoms with Crippen molar-refractivity contribution in [2.24, 2.45) is 0 Å². The van der Waals surface area contributed by atoms with Crippen LogP contribution in [0.5, 0.6) is 0 Å². The van der Waals surface area contributed by atoms with Gasteiger partial charge in [-0.3, -0.25) is 4.79 Å². The van der Waals surface area contributed by atoms with E-state index in [0.717, 1.165) is 19.3 Å². The number of ketones is 1. The third-order valence-corrected chi connectivity index (χ3v) is 4.60. The molecule has 4 heteroatoms. The first-order chi connectivity index (χ1) is 12.1. The normalized spacial score (nSPS) is 14.1. The van der Waals surface area contributed by atoms with Gasteiger partial charge in [0.2, 0.25) is 0 Å². The number of aliphatic hydroxyl groups excluding tert-OH is 3. The highest BCUT2D eigenvalue weighted by Crippen LogP contribution is 2.13. The minimum absolute atomic E-state index is 0.545. The molecule has 2 atom stereocenters. The van der Waals surface area contributed by atoms with Crippen LogP contribution in [0.15, 0.2) is 12.2 Å². The van der Waals surface area contributed by atoms with E-state index < -0.39 is 24.6 Å². The molecule has 3 N–H and O–H groups in total. The summed E-state index contributed by atoms with van der Waals surface area (Å²) in [5.41, 5.74) is 0. The fourth-order valence-electron chi connectivity index (χ4n) is 2.87. The smallest absolute Gasteiger partial charge is 0.186 e. The van der Waals surface area contributed by atoms with Crippen molar-refractivity contribution in [2.45, 2.75) is 109 Å². The Hall–Kier alpha value is -0.710. The SMILES string of the molecule is CCCCCCCCCCCCCCCC=CC(=O)C(O)C(O)CO. The summed E-state index contributed by atoms with van der Waals surface area (Å²) in [6, 6.07) is 0. The molecule has 25 heavy (non-hydrogen) atoms. The summed E-state index contributed by atoms with van der Waals surface area (Å²) in [6.07, 6.45) is 18.0. The van der Waals surface area contributed by atoms with Gasteiger partial charge >= 0.3 is 0 Å². The van der Waals surface area contributed by atoms with Crippen molar-refractivity contribution in [3.05, 3.63) is 12.2 Å². The molecule has 0 aromatic rings. The molecular weight excluding hydrogens is 316 g/mol. The average Bonchev–Trinajstić information content (AvgIpc) is 2.63. The molecule has 0 aliphatic rings. The van der Waals surface area contributed by atoms with Crippen molar-refractivity contribution < 1.29 is 20.1 Å². The predicted octanol–water partition coefficient (Wildman–Crippen LogP) is 4.31. The van der Waals surface area contributed by atoms with E-state index in [0.29, 0.717) is 0 Å². The molecule has 0 aliphatic heterocycles. The fourth-order valence-corrected chi connectivity index (χ4v) is 2.87. The highest BCUT2D eigenvalue weighted by Gasteiger charge is 2.20. The maximum absolute atomic E-state index is 11.5. The van der Waals surface area contributed by atoms with E-state index in [2.05, 4.69) is 6.92 Å². The number of hydrogen-bond donors (Lipinski definition) is 3. The van der Waals surface area contributed by atoms with Gasteiger partial charge < -0.3 is 15.3 Å². The summed E-state index contributed by atoms with van der Waals surface area (Å²) in [7, 11) is 0. The first kappa shape index (κ1) is 24.3. The third kappa shape index (κ3) is 15.3. The van der Waals surface area contributed by atoms with Crippen molar-refractivity contribution in [2.75, 3.05) is 6.61 Å². The van der Waals surface area contributed by atoms with E-state index in [9.17, 15) is 9.90 Å². The fraction of sp³-hybridized carbons (Fsp3) is 0.857. The number of hydrogen-bond acceptors (Lipinski definition) is 4. The van der Waals surface area contributed by atoms with E-state index in [4.69, 9.17) is 10.2 Å². The van der Waals surface area contributed by atoms with E-state index in [-0.39, 0.29) is 0 Å². The molecule has 0 rings (SSSR count). The number of rotatable bonds is 18. The highest BCUT2D eigenvalue weighted by atomic mass is 16.4. The number of carbonyl (C=O) groups excluding carboxylic acids is 1. The molecule has 0 aromatic carbocycles. The molecule has 0 bridgehead atoms. The predicted molar refractivity (Wildman–Crippen MR) is 104 cm³/mol. The molecule has 0 saturated carbocycles. The molecule has 0 saturated heterocycles. The zero-order chi connectivity index (χ0) is 18.8. The number of allylic oxidation sites excluding steroid dienone is 1. The summed E-state index contributed by atoms with van der Waals surface area (Å²) < 4.78 is 0. The van der Waals surface area contributed by atoms with Crippen LogP contribution in [-0.4, -0.2) is 39.9 Å². The zero-order valence-electron chi connectivity index (χ0n) is 16.2. The number of aliphatic hydroxyl groups is 3. The van der Waals surface area contributed by atoms with E-state index in [1.54, 1.807) is 6.08 Å². The Balaban J connectivity index is 3.33. The van der Waals surface area contributed by atoms with Crippen molar-refractivity contribution in [1.29, 1.82) is 0 Å². The molecule has 148 valence electrons. The zero-order valence-corrected chi connectivity index (χ0v) is 16.2. The molecule has 4 nitrogen and oxygen atoms in total. The monoisotopic (exact) mass is 356 g/mol. The lowest BCUT2D eigenvalue weighted by molar-refractivity contribution is -0.129. The van der Waals surface area contributed by atoms with Crippen LogP contribution in [0.2, 0.25) is 0 Å². The lowest BCUT2D eigenvalue weighted by atomic mass is 10.0. The lowest BCUT2D eigenvalue weighted by Crippen LogP contribution is -2.35. The second-order valence-corrected chi connectivity index (χ2v) is 7.03. The molecule has 2 unspecified atom stereocenters. The van der Waals surface area contributed by atoms with Crippen LogP contribution < -0.4 is 0 Å². The Kier molecular flexibility index (Phi) is 17.6. The van der Waals surface area contributed by atoms with E-state index in [1.165, 1.54) is 76.7 Å². The molecule has 0 aliphatic carbocycles. The Labute approximate surface area is 154 Å². The van der Waals surface area contributed by atoms with Crippen LogP contribution in [0, 0.1) is 0 Å². The average molecular weight is 357 g/mol. The van der Waals surface area contributed by atoms with Gasteiger partial charge in [-0.25, -0.2) is 0 Å². The number of unbranched alkanes of at least 4 members (excludes halogenated alkanes) is 13. The first-order valence-electron chi connectivity index (χ1n) is 10.3. The van der Waals surface area contributed by atoms with Crippen LogP contribution in [0.1, 0.15) is 96.8 Å². The summed E-state index contributed by atoms with van der Waals surface area (Å²) in [5, 5.41) is 27.2. The molecule has 0 fully saturated rings. The van der Waals surface area contributed by atoms with Crippen molar-refractivity contribution >= 4 is 5.78 Å². The minimum Gasteiger partial charge on any atom is -0.394 e. The number of carbonyl (C=O) groups is 1. The first-order valence-corrected chi connectivity index (χ1v) is 10.3. The van der Waals surface area contributed by atoms with Gasteiger partial charge in [-0.15, -0.1) is 0 Å². The van der Waals surface area contributed by atoms with Gasteiger partial charge in [0, 0.05) is 0 Å². The minimum atomic E-state index is -1.52. The van der Waals surface area contributed by atoms with Gasteiger partial charge in [-0.2, -0.15) is 0 Å². The summed E-state index contributed by atoms with van der Waals surface area (Å²) >= 11 is 0. The molecule has 0 aromatic heterocycles. The summed E-state index contributed by atoms with van der Waals surface area (Å²) in [5.74, 6) is -0.545. The second-order valence-electron chi connectivity index (χ2n) is 7.03. The molecule has 0 radical (unpaired) electrons. The van der Waals surface area contributed by atoms with Crippen LogP contribution in [0.4, 0.5) is 0 Å². The maximum Gasteiger partial charge on any atom is 0.186 e. The van der Waals surface area contributed by atoms with E-state index in [1.807, 2.05) is 0 Å². The van der Waals surface area contributed by atoms with Crippen LogP contribution in [-0.2, 0) is 4.79 Å². The van der Waals surface area contributed by atoms with Crippen molar-refractivity contribution in [1.82, 2.24) is 0 Å². The van der Waals surface area contributed by atoms with Gasteiger partial charge in [0.25, 0.3) is 0 Å². The Morgan fingerprint density at radius 2 is 1.24 bits per heavy atom. The van der Waals surface area contributed by atoms with Gasteiger partial charge in [0.15, 0.2) is 5.78 Å². The van der Waals surface area contributed by atoms with Gasteiger partial charge in [-0.05, 0) is 18.9 Å². The van der Waals surface area contributed by atoms with Crippen LogP contribution in [0.25, 0.3) is 0 Å². The molecule has 0 heterocycles. The van der Waals surface area contributed by atoms with Crippen molar-refractivity contribution in [3.63, 3.8) is 0 Å². The largest absolute Gasteiger partial charge is 0.394 e. The molecule has 0 amide bonds. The van der Waals surface area contributed by atoms with E-state index >= 15 is 0 Å². The molecule has 0 spiro atoms. The third-order valence-electron chi connectivity index (χ3n) is 4.60. The Bertz CT molecular complexity index is 328. The Morgan fingerprint density at radius 1 is 0.800 bits per heavy atom. The van der Waals surface area contributed by atoms with Crippen LogP contribution >= 0.6 is 0 Å². The van der Waals surface area contributed by atoms with Gasteiger partial charge in [-0.1, -0.05) is 90.0 Å².